The number of hydrogen-bond donors (Lipinski definition) is 2. The van der Waals surface area contributed by atoms with Crippen LogP contribution in [0.25, 0.3) is 0 Å². The van der Waals surface area contributed by atoms with Crippen molar-refractivity contribution < 1.29 is 9.59 Å². The summed E-state index contributed by atoms with van der Waals surface area (Å²) in [5.74, 6) is -0.169. The second-order valence-corrected chi connectivity index (χ2v) is 5.40. The molecule has 0 spiro atoms. The van der Waals surface area contributed by atoms with Crippen molar-refractivity contribution in [2.24, 2.45) is 7.05 Å². The molecule has 0 saturated heterocycles. The van der Waals surface area contributed by atoms with Crippen LogP contribution in [-0.2, 0) is 18.4 Å². The van der Waals surface area contributed by atoms with Crippen LogP contribution >= 0.6 is 0 Å². The molecule has 1 aromatic carbocycles. The molecule has 2 rings (SSSR count). The van der Waals surface area contributed by atoms with E-state index in [0.29, 0.717) is 12.2 Å². The minimum absolute atomic E-state index is 0.169. The van der Waals surface area contributed by atoms with Crippen LogP contribution in [0.5, 0.6) is 0 Å². The molecule has 0 aliphatic rings. The predicted octanol–water partition coefficient (Wildman–Crippen LogP) is 1.59. The fourth-order valence-corrected chi connectivity index (χ4v) is 2.18. The van der Waals surface area contributed by atoms with Gasteiger partial charge in [0.15, 0.2) is 0 Å². The van der Waals surface area contributed by atoms with E-state index >= 15 is 0 Å². The van der Waals surface area contributed by atoms with Gasteiger partial charge in [-0.3, -0.25) is 9.48 Å². The summed E-state index contributed by atoms with van der Waals surface area (Å²) >= 11 is 0. The number of benzene rings is 1. The number of likely N-dealkylation sites (N-methyl/N-ethyl adjacent to an activating group) is 1. The van der Waals surface area contributed by atoms with Crippen molar-refractivity contribution in [1.29, 1.82) is 0 Å². The number of hydrogen-bond acceptors (Lipinski definition) is 3. The summed E-state index contributed by atoms with van der Waals surface area (Å²) in [6.45, 7) is 2.10. The number of anilines is 1. The molecule has 0 bridgehead atoms. The summed E-state index contributed by atoms with van der Waals surface area (Å²) in [4.78, 5) is 25.8. The van der Waals surface area contributed by atoms with Crippen molar-refractivity contribution in [3.63, 3.8) is 0 Å². The molecule has 2 aromatic rings. The Bertz CT molecular complexity index is 668. The highest BCUT2D eigenvalue weighted by atomic mass is 16.2. The maximum Gasteiger partial charge on any atom is 0.319 e. The van der Waals surface area contributed by atoms with Gasteiger partial charge in [-0.2, -0.15) is 5.10 Å². The zero-order valence-electron chi connectivity index (χ0n) is 13.5. The minimum Gasteiger partial charge on any atom is -0.340 e. The van der Waals surface area contributed by atoms with E-state index < -0.39 is 12.1 Å². The van der Waals surface area contributed by atoms with Gasteiger partial charge < -0.3 is 15.5 Å². The van der Waals surface area contributed by atoms with Gasteiger partial charge in [-0.15, -0.1) is 0 Å². The van der Waals surface area contributed by atoms with Crippen LogP contribution in [-0.4, -0.2) is 39.7 Å². The van der Waals surface area contributed by atoms with Gasteiger partial charge in [0.1, 0.15) is 6.04 Å². The lowest BCUT2D eigenvalue weighted by Gasteiger charge is -2.21. The van der Waals surface area contributed by atoms with Gasteiger partial charge in [-0.25, -0.2) is 4.79 Å². The molecule has 0 aliphatic heterocycles. The van der Waals surface area contributed by atoms with Gasteiger partial charge in [-0.05, 0) is 19.1 Å². The second kappa shape index (κ2) is 7.44. The van der Waals surface area contributed by atoms with E-state index in [1.54, 1.807) is 41.9 Å². The first kappa shape index (κ1) is 16.5. The average Bonchev–Trinajstić information content (AvgIpc) is 2.92. The number of urea groups is 1. The summed E-state index contributed by atoms with van der Waals surface area (Å²) in [6.07, 6.45) is 3.56. The van der Waals surface area contributed by atoms with Crippen molar-refractivity contribution in [2.45, 2.75) is 19.5 Å². The molecule has 0 aliphatic carbocycles. The largest absolute Gasteiger partial charge is 0.340 e. The van der Waals surface area contributed by atoms with E-state index in [2.05, 4.69) is 15.7 Å². The lowest BCUT2D eigenvalue weighted by Crippen LogP contribution is -2.46. The molecule has 1 atom stereocenters. The Balaban J connectivity index is 1.85. The van der Waals surface area contributed by atoms with E-state index in [9.17, 15) is 9.59 Å². The van der Waals surface area contributed by atoms with Gasteiger partial charge in [0, 0.05) is 38.1 Å². The van der Waals surface area contributed by atoms with E-state index in [1.807, 2.05) is 31.4 Å². The standard InChI is InChI=1S/C16H21N5O2/c1-12(18-16(23)19-14-7-5-4-6-8-14)15(22)20(2)10-13-9-17-21(3)11-13/h4-9,11-12H,10H2,1-3H3,(H2,18,19,23)/t12-/m0/s1. The third kappa shape index (κ3) is 4.84. The summed E-state index contributed by atoms with van der Waals surface area (Å²) in [5.41, 5.74) is 1.61. The fourth-order valence-electron chi connectivity index (χ4n) is 2.18. The summed E-state index contributed by atoms with van der Waals surface area (Å²) in [6, 6.07) is 8.04. The first-order valence-electron chi connectivity index (χ1n) is 7.31. The Morgan fingerprint density at radius 3 is 2.61 bits per heavy atom. The molecule has 0 fully saturated rings. The Morgan fingerprint density at radius 2 is 2.00 bits per heavy atom. The highest BCUT2D eigenvalue weighted by Crippen LogP contribution is 2.06. The molecule has 0 unspecified atom stereocenters. The number of amides is 3. The van der Waals surface area contributed by atoms with Crippen LogP contribution in [0.3, 0.4) is 0 Å². The smallest absolute Gasteiger partial charge is 0.319 e. The zero-order chi connectivity index (χ0) is 16.8. The first-order chi connectivity index (χ1) is 11.0. The molecule has 0 radical (unpaired) electrons. The topological polar surface area (TPSA) is 79.3 Å². The Morgan fingerprint density at radius 1 is 1.30 bits per heavy atom. The van der Waals surface area contributed by atoms with Crippen LogP contribution in [0, 0.1) is 0 Å². The Kier molecular flexibility index (Phi) is 5.35. The van der Waals surface area contributed by atoms with Crippen LogP contribution in [0.4, 0.5) is 10.5 Å². The van der Waals surface area contributed by atoms with Gasteiger partial charge in [0.25, 0.3) is 0 Å². The fraction of sp³-hybridized carbons (Fsp3) is 0.312. The van der Waals surface area contributed by atoms with E-state index in [4.69, 9.17) is 0 Å². The van der Waals surface area contributed by atoms with Crippen molar-refractivity contribution >= 4 is 17.6 Å². The zero-order valence-corrected chi connectivity index (χ0v) is 13.5. The maximum absolute atomic E-state index is 12.3. The molecule has 0 saturated carbocycles. The Hall–Kier alpha value is -2.83. The number of para-hydroxylation sites is 1. The van der Waals surface area contributed by atoms with E-state index in [1.165, 1.54) is 0 Å². The molecule has 1 aromatic heterocycles. The maximum atomic E-state index is 12.3. The average molecular weight is 315 g/mol. The number of rotatable bonds is 5. The molecule has 7 nitrogen and oxygen atoms in total. The third-order valence-corrected chi connectivity index (χ3v) is 3.30. The Labute approximate surface area is 135 Å². The van der Waals surface area contributed by atoms with Gasteiger partial charge >= 0.3 is 6.03 Å². The van der Waals surface area contributed by atoms with Crippen molar-refractivity contribution in [2.75, 3.05) is 12.4 Å². The highest BCUT2D eigenvalue weighted by Gasteiger charge is 2.19. The molecule has 1 heterocycles. The minimum atomic E-state index is -0.625. The molecule has 7 heteroatoms. The quantitative estimate of drug-likeness (QED) is 0.879. The first-order valence-corrected chi connectivity index (χ1v) is 7.31. The molecule has 3 amide bonds. The van der Waals surface area contributed by atoms with Crippen LogP contribution in [0.15, 0.2) is 42.7 Å². The summed E-state index contributed by atoms with van der Waals surface area (Å²) in [7, 11) is 3.52. The van der Waals surface area contributed by atoms with Crippen LogP contribution in [0.2, 0.25) is 0 Å². The van der Waals surface area contributed by atoms with E-state index in [0.717, 1.165) is 5.56 Å². The number of carbonyl (C=O) groups is 2. The number of nitrogens with zero attached hydrogens (tertiary/aromatic N) is 3. The monoisotopic (exact) mass is 315 g/mol. The molecule has 23 heavy (non-hydrogen) atoms. The SMILES string of the molecule is C[C@H](NC(=O)Nc1ccccc1)C(=O)N(C)Cc1cnn(C)c1. The molecular formula is C16H21N5O2. The van der Waals surface area contributed by atoms with Gasteiger partial charge in [0.2, 0.25) is 5.91 Å². The lowest BCUT2D eigenvalue weighted by molar-refractivity contribution is -0.131. The molecular weight excluding hydrogens is 294 g/mol. The van der Waals surface area contributed by atoms with Gasteiger partial charge in [-0.1, -0.05) is 18.2 Å². The highest BCUT2D eigenvalue weighted by molar-refractivity contribution is 5.93. The number of nitrogens with one attached hydrogen (secondary N) is 2. The van der Waals surface area contributed by atoms with Gasteiger partial charge in [0.05, 0.1) is 6.20 Å². The number of aryl methyl sites for hydroxylation is 1. The van der Waals surface area contributed by atoms with Crippen LogP contribution in [0.1, 0.15) is 12.5 Å². The van der Waals surface area contributed by atoms with Crippen molar-refractivity contribution in [3.8, 4) is 0 Å². The molecule has 2 N–H and O–H groups in total. The third-order valence-electron chi connectivity index (χ3n) is 3.30. The summed E-state index contributed by atoms with van der Waals surface area (Å²) in [5, 5.41) is 9.39. The normalized spacial score (nSPS) is 11.6. The predicted molar refractivity (Wildman–Crippen MR) is 87.7 cm³/mol. The van der Waals surface area contributed by atoms with Crippen molar-refractivity contribution in [3.05, 3.63) is 48.3 Å². The lowest BCUT2D eigenvalue weighted by atomic mass is 10.2. The second-order valence-electron chi connectivity index (χ2n) is 5.40. The number of carbonyl (C=O) groups excluding carboxylic acids is 2. The molecule has 122 valence electrons. The number of aromatic nitrogens is 2. The van der Waals surface area contributed by atoms with Crippen molar-refractivity contribution in [1.82, 2.24) is 20.0 Å². The summed E-state index contributed by atoms with van der Waals surface area (Å²) < 4.78 is 1.68. The van der Waals surface area contributed by atoms with Crippen LogP contribution < -0.4 is 10.6 Å². The van der Waals surface area contributed by atoms with E-state index in [-0.39, 0.29) is 5.91 Å².